The van der Waals surface area contributed by atoms with E-state index in [2.05, 4.69) is 6.92 Å². The van der Waals surface area contributed by atoms with E-state index in [1.807, 2.05) is 0 Å². The molecule has 0 unspecified atom stereocenters. The van der Waals surface area contributed by atoms with E-state index in [9.17, 15) is 4.79 Å². The highest BCUT2D eigenvalue weighted by molar-refractivity contribution is 5.71. The van der Waals surface area contributed by atoms with Crippen LogP contribution in [0, 0.1) is 11.3 Å². The predicted molar refractivity (Wildman–Crippen MR) is 56.2 cm³/mol. The van der Waals surface area contributed by atoms with Gasteiger partial charge in [-0.25, -0.2) is 0 Å². The number of carbonyl (C=O) groups is 1. The number of nitrogens with zero attached hydrogens (tertiary/aromatic N) is 1. The maximum atomic E-state index is 10.7. The lowest BCUT2D eigenvalue weighted by Gasteiger charge is -2.04. The summed E-state index contributed by atoms with van der Waals surface area (Å²) >= 11 is 0. The number of nitriles is 1. The number of rotatable bonds is 9. The second kappa shape index (κ2) is 11.0. The highest BCUT2D eigenvalue weighted by atomic mass is 16.6. The van der Waals surface area contributed by atoms with Crippen molar-refractivity contribution in [3.8, 4) is 6.07 Å². The molecule has 0 aromatic carbocycles. The first-order valence-electron chi connectivity index (χ1n) is 5.41. The van der Waals surface area contributed by atoms with Gasteiger partial charge in [0.15, 0.2) is 0 Å². The van der Waals surface area contributed by atoms with Crippen molar-refractivity contribution in [2.45, 2.75) is 39.0 Å². The van der Waals surface area contributed by atoms with E-state index in [1.165, 1.54) is 19.3 Å². The highest BCUT2D eigenvalue weighted by Crippen LogP contribution is 1.98. The fourth-order valence-corrected chi connectivity index (χ4v) is 1.06. The predicted octanol–water partition coefficient (Wildman–Crippen LogP) is 2.04. The third-order valence-corrected chi connectivity index (χ3v) is 1.86. The summed E-state index contributed by atoms with van der Waals surface area (Å²) in [5, 5.41) is 8.18. The van der Waals surface area contributed by atoms with Gasteiger partial charge in [0.25, 0.3) is 0 Å². The van der Waals surface area contributed by atoms with Crippen LogP contribution in [0.4, 0.5) is 0 Å². The topological polar surface area (TPSA) is 59.3 Å². The van der Waals surface area contributed by atoms with Crippen molar-refractivity contribution in [1.29, 1.82) is 5.26 Å². The summed E-state index contributed by atoms with van der Waals surface area (Å²) in [6.45, 7) is 3.54. The summed E-state index contributed by atoms with van der Waals surface area (Å²) in [6.07, 6.45) is 4.51. The van der Waals surface area contributed by atoms with Gasteiger partial charge in [-0.15, -0.1) is 0 Å². The molecule has 0 aliphatic rings. The average Bonchev–Trinajstić information content (AvgIpc) is 2.22. The largest absolute Gasteiger partial charge is 0.462 e. The molecule has 0 aromatic heterocycles. The van der Waals surface area contributed by atoms with Gasteiger partial charge in [0, 0.05) is 6.61 Å². The van der Waals surface area contributed by atoms with Gasteiger partial charge in [-0.3, -0.25) is 4.79 Å². The SMILES string of the molecule is CCCCCCOCCOC(=O)CC#N. The van der Waals surface area contributed by atoms with E-state index in [4.69, 9.17) is 14.7 Å². The van der Waals surface area contributed by atoms with E-state index in [1.54, 1.807) is 6.07 Å². The zero-order valence-corrected chi connectivity index (χ0v) is 9.33. The lowest BCUT2D eigenvalue weighted by atomic mass is 10.2. The van der Waals surface area contributed by atoms with E-state index in [0.29, 0.717) is 6.61 Å². The van der Waals surface area contributed by atoms with Crippen molar-refractivity contribution in [1.82, 2.24) is 0 Å². The lowest BCUT2D eigenvalue weighted by Crippen LogP contribution is -2.10. The monoisotopic (exact) mass is 213 g/mol. The second-order valence-electron chi connectivity index (χ2n) is 3.23. The minimum absolute atomic E-state index is 0.184. The minimum Gasteiger partial charge on any atom is -0.462 e. The standard InChI is InChI=1S/C11H19NO3/c1-2-3-4-5-8-14-9-10-15-11(13)6-7-12/h2-6,8-10H2,1H3. The Morgan fingerprint density at radius 2 is 2.00 bits per heavy atom. The van der Waals surface area contributed by atoms with Crippen LogP contribution < -0.4 is 0 Å². The van der Waals surface area contributed by atoms with Gasteiger partial charge in [0.05, 0.1) is 12.7 Å². The van der Waals surface area contributed by atoms with Crippen molar-refractivity contribution >= 4 is 5.97 Å². The Bertz CT molecular complexity index is 198. The zero-order valence-electron chi connectivity index (χ0n) is 9.33. The average molecular weight is 213 g/mol. The van der Waals surface area contributed by atoms with Crippen molar-refractivity contribution in [2.75, 3.05) is 19.8 Å². The molecular weight excluding hydrogens is 194 g/mol. The molecule has 0 N–H and O–H groups in total. The van der Waals surface area contributed by atoms with Crippen molar-refractivity contribution in [3.63, 3.8) is 0 Å². The summed E-state index contributed by atoms with van der Waals surface area (Å²) < 4.78 is 9.97. The molecule has 0 rings (SSSR count). The Labute approximate surface area is 91.2 Å². The summed E-state index contributed by atoms with van der Waals surface area (Å²) in [4.78, 5) is 10.7. The van der Waals surface area contributed by atoms with Crippen molar-refractivity contribution < 1.29 is 14.3 Å². The molecule has 0 saturated heterocycles. The molecule has 0 fully saturated rings. The molecule has 0 spiro atoms. The fraction of sp³-hybridized carbons (Fsp3) is 0.818. The van der Waals surface area contributed by atoms with Gasteiger partial charge in [0.2, 0.25) is 0 Å². The molecule has 0 aromatic rings. The molecule has 0 radical (unpaired) electrons. The first kappa shape index (κ1) is 13.9. The quantitative estimate of drug-likeness (QED) is 0.434. The fourth-order valence-electron chi connectivity index (χ4n) is 1.06. The van der Waals surface area contributed by atoms with E-state index >= 15 is 0 Å². The van der Waals surface area contributed by atoms with Crippen molar-refractivity contribution in [3.05, 3.63) is 0 Å². The Morgan fingerprint density at radius 3 is 2.67 bits per heavy atom. The summed E-state index contributed by atoms with van der Waals surface area (Å²) in [5.41, 5.74) is 0. The normalized spacial score (nSPS) is 9.60. The Balaban J connectivity index is 3.05. The third-order valence-electron chi connectivity index (χ3n) is 1.86. The Morgan fingerprint density at radius 1 is 1.20 bits per heavy atom. The van der Waals surface area contributed by atoms with Gasteiger partial charge >= 0.3 is 5.97 Å². The van der Waals surface area contributed by atoms with Gasteiger partial charge in [-0.1, -0.05) is 26.2 Å². The van der Waals surface area contributed by atoms with Crippen molar-refractivity contribution in [2.24, 2.45) is 0 Å². The molecule has 0 heterocycles. The number of hydrogen-bond donors (Lipinski definition) is 0. The molecule has 4 nitrogen and oxygen atoms in total. The molecule has 0 aliphatic heterocycles. The van der Waals surface area contributed by atoms with Crippen LogP contribution in [0.2, 0.25) is 0 Å². The molecule has 0 saturated carbocycles. The van der Waals surface area contributed by atoms with Crippen LogP contribution in [0.15, 0.2) is 0 Å². The molecule has 0 amide bonds. The zero-order chi connectivity index (χ0) is 11.4. The lowest BCUT2D eigenvalue weighted by molar-refractivity contribution is -0.143. The van der Waals surface area contributed by atoms with Crippen LogP contribution in [0.25, 0.3) is 0 Å². The smallest absolute Gasteiger partial charge is 0.320 e. The molecule has 0 aliphatic carbocycles. The molecular formula is C11H19NO3. The van der Waals surface area contributed by atoms with Gasteiger partial charge in [-0.05, 0) is 6.42 Å². The van der Waals surface area contributed by atoms with E-state index < -0.39 is 5.97 Å². The first-order valence-corrected chi connectivity index (χ1v) is 5.41. The summed E-state index contributed by atoms with van der Waals surface area (Å²) in [6, 6.07) is 1.73. The van der Waals surface area contributed by atoms with Gasteiger partial charge < -0.3 is 9.47 Å². The summed E-state index contributed by atoms with van der Waals surface area (Å²) in [5.74, 6) is -0.480. The van der Waals surface area contributed by atoms with Crippen LogP contribution in [0.5, 0.6) is 0 Å². The first-order chi connectivity index (χ1) is 7.31. The Kier molecular flexibility index (Phi) is 10.2. The third kappa shape index (κ3) is 10.8. The van der Waals surface area contributed by atoms with Crippen LogP contribution in [-0.4, -0.2) is 25.8 Å². The van der Waals surface area contributed by atoms with Crippen LogP contribution >= 0.6 is 0 Å². The number of esters is 1. The number of carbonyl (C=O) groups excluding carboxylic acids is 1. The van der Waals surface area contributed by atoms with Crippen LogP contribution in [-0.2, 0) is 14.3 Å². The number of hydrogen-bond acceptors (Lipinski definition) is 4. The molecule has 0 atom stereocenters. The number of ether oxygens (including phenoxy) is 2. The van der Waals surface area contributed by atoms with Crippen LogP contribution in [0.3, 0.4) is 0 Å². The highest BCUT2D eigenvalue weighted by Gasteiger charge is 1.99. The Hall–Kier alpha value is -1.08. The van der Waals surface area contributed by atoms with Gasteiger partial charge in [0.1, 0.15) is 13.0 Å². The van der Waals surface area contributed by atoms with E-state index in [0.717, 1.165) is 13.0 Å². The maximum Gasteiger partial charge on any atom is 0.320 e. The second-order valence-corrected chi connectivity index (χ2v) is 3.23. The summed E-state index contributed by atoms with van der Waals surface area (Å²) in [7, 11) is 0. The molecule has 86 valence electrons. The van der Waals surface area contributed by atoms with E-state index in [-0.39, 0.29) is 13.0 Å². The van der Waals surface area contributed by atoms with Gasteiger partial charge in [-0.2, -0.15) is 5.26 Å². The molecule has 15 heavy (non-hydrogen) atoms. The minimum atomic E-state index is -0.480. The molecule has 4 heteroatoms. The van der Waals surface area contributed by atoms with Crippen LogP contribution in [0.1, 0.15) is 39.0 Å². The maximum absolute atomic E-state index is 10.7. The molecule has 0 bridgehead atoms. The number of unbranched alkanes of at least 4 members (excludes halogenated alkanes) is 3.